The summed E-state index contributed by atoms with van der Waals surface area (Å²) in [7, 11) is 1.57. The Morgan fingerprint density at radius 1 is 1.06 bits per heavy atom. The van der Waals surface area contributed by atoms with Crippen LogP contribution in [-0.2, 0) is 13.0 Å². The van der Waals surface area contributed by atoms with Crippen molar-refractivity contribution in [1.82, 2.24) is 10.3 Å². The second-order valence-corrected chi connectivity index (χ2v) is 7.44. The average Bonchev–Trinajstić information content (AvgIpc) is 3.23. The van der Waals surface area contributed by atoms with Gasteiger partial charge in [-0.3, -0.25) is 4.79 Å². The molecule has 6 heteroatoms. The van der Waals surface area contributed by atoms with Crippen molar-refractivity contribution in [3.63, 3.8) is 0 Å². The molecule has 1 amide bonds. The van der Waals surface area contributed by atoms with Crippen LogP contribution < -0.4 is 14.8 Å². The Kier molecular flexibility index (Phi) is 7.05. The van der Waals surface area contributed by atoms with Gasteiger partial charge < -0.3 is 19.2 Å². The van der Waals surface area contributed by atoms with E-state index in [1.165, 1.54) is 0 Å². The number of nitrogens with zero attached hydrogens (tertiary/aromatic N) is 1. The van der Waals surface area contributed by atoms with E-state index in [-0.39, 0.29) is 5.91 Å². The Balaban J connectivity index is 1.30. The minimum Gasteiger partial charge on any atom is -0.497 e. The lowest BCUT2D eigenvalue weighted by atomic mass is 10.1. The van der Waals surface area contributed by atoms with Gasteiger partial charge >= 0.3 is 0 Å². The van der Waals surface area contributed by atoms with Crippen LogP contribution in [0.3, 0.4) is 0 Å². The van der Waals surface area contributed by atoms with Gasteiger partial charge in [0.05, 0.1) is 19.4 Å². The maximum absolute atomic E-state index is 12.4. The summed E-state index contributed by atoms with van der Waals surface area (Å²) in [5.41, 5.74) is 3.19. The van der Waals surface area contributed by atoms with E-state index in [0.29, 0.717) is 42.5 Å². The highest BCUT2D eigenvalue weighted by Crippen LogP contribution is 2.22. The molecule has 1 aromatic heterocycles. The van der Waals surface area contributed by atoms with Gasteiger partial charge in [0.1, 0.15) is 17.3 Å². The topological polar surface area (TPSA) is 73.6 Å². The smallest absolute Gasteiger partial charge is 0.251 e. The number of benzene rings is 3. The molecule has 1 heterocycles. The van der Waals surface area contributed by atoms with Gasteiger partial charge in [-0.1, -0.05) is 36.4 Å². The summed E-state index contributed by atoms with van der Waals surface area (Å²) in [6, 6.07) is 25.7. The predicted molar refractivity (Wildman–Crippen MR) is 125 cm³/mol. The normalized spacial score (nSPS) is 10.6. The van der Waals surface area contributed by atoms with E-state index in [1.807, 2.05) is 55.5 Å². The average molecular weight is 442 g/mol. The third-order valence-corrected chi connectivity index (χ3v) is 5.11. The first-order chi connectivity index (χ1) is 16.1. The first kappa shape index (κ1) is 22.1. The van der Waals surface area contributed by atoms with Crippen LogP contribution in [0.15, 0.2) is 77.2 Å². The first-order valence-electron chi connectivity index (χ1n) is 10.7. The van der Waals surface area contributed by atoms with Crippen LogP contribution in [0.2, 0.25) is 0 Å². The monoisotopic (exact) mass is 441 g/mol. The largest absolute Gasteiger partial charge is 0.497 e. The van der Waals surface area contributed by atoms with Crippen molar-refractivity contribution < 1.29 is 18.7 Å². The molecule has 0 bridgehead atoms. The molecule has 1 N–H and O–H groups in total. The van der Waals surface area contributed by atoms with E-state index in [4.69, 9.17) is 13.9 Å². The summed E-state index contributed by atoms with van der Waals surface area (Å²) in [4.78, 5) is 17.0. The number of ether oxygens (including phenoxy) is 2. The summed E-state index contributed by atoms with van der Waals surface area (Å²) in [5, 5.41) is 2.90. The quantitative estimate of drug-likeness (QED) is 0.395. The number of carbonyl (C=O) groups is 1. The molecule has 0 saturated heterocycles. The third kappa shape index (κ3) is 5.80. The van der Waals surface area contributed by atoms with E-state index in [2.05, 4.69) is 16.4 Å². The number of carbonyl (C=O) groups excluding carboxylic acids is 1. The molecule has 1 radical (unpaired) electrons. The Morgan fingerprint density at radius 3 is 2.70 bits per heavy atom. The van der Waals surface area contributed by atoms with Crippen LogP contribution in [0.5, 0.6) is 11.5 Å². The molecular formula is C27H25N2O4. The molecular weight excluding hydrogens is 416 g/mol. The van der Waals surface area contributed by atoms with Crippen molar-refractivity contribution >= 4 is 5.91 Å². The van der Waals surface area contributed by atoms with Gasteiger partial charge in [-0.05, 0) is 48.9 Å². The van der Waals surface area contributed by atoms with Crippen LogP contribution in [0.1, 0.15) is 27.4 Å². The van der Waals surface area contributed by atoms with Crippen molar-refractivity contribution in [3.8, 4) is 23.0 Å². The number of hydrogen-bond acceptors (Lipinski definition) is 5. The number of nitrogens with one attached hydrogen (secondary N) is 1. The van der Waals surface area contributed by atoms with Crippen molar-refractivity contribution in [2.45, 2.75) is 19.9 Å². The highest BCUT2D eigenvalue weighted by Gasteiger charge is 2.12. The minimum absolute atomic E-state index is 0.177. The molecule has 6 nitrogen and oxygen atoms in total. The van der Waals surface area contributed by atoms with Crippen molar-refractivity contribution in [1.29, 1.82) is 0 Å². The molecule has 0 saturated carbocycles. The maximum Gasteiger partial charge on any atom is 0.251 e. The molecule has 0 aliphatic rings. The number of aryl methyl sites for hydroxylation is 1. The van der Waals surface area contributed by atoms with Gasteiger partial charge in [0.15, 0.2) is 0 Å². The first-order valence-corrected chi connectivity index (χ1v) is 10.7. The number of methoxy groups -OCH3 is 1. The summed E-state index contributed by atoms with van der Waals surface area (Å²) in [6.45, 7) is 2.69. The zero-order valence-corrected chi connectivity index (χ0v) is 18.6. The van der Waals surface area contributed by atoms with E-state index >= 15 is 0 Å². The molecule has 4 aromatic rings. The standard InChI is InChI=1S/C27H25N2O4/c1-19-25(29-27(33-19)21-9-4-3-5-10-21)14-15-32-24-13-6-8-20(16-24)18-28-26(30)22-11-7-12-23(17-22)31-2/h3-13,17H,14-15,18H2,1-2H3,(H,28,30). The van der Waals surface area contributed by atoms with Crippen molar-refractivity contribution in [3.05, 3.63) is 101 Å². The predicted octanol–water partition coefficient (Wildman–Crippen LogP) is 5.01. The maximum atomic E-state index is 12.4. The summed E-state index contributed by atoms with van der Waals surface area (Å²) in [5.74, 6) is 2.48. The molecule has 0 unspecified atom stereocenters. The Labute approximate surface area is 193 Å². The van der Waals surface area contributed by atoms with Crippen molar-refractivity contribution in [2.24, 2.45) is 0 Å². The minimum atomic E-state index is -0.177. The van der Waals surface area contributed by atoms with E-state index in [0.717, 1.165) is 22.6 Å². The molecule has 0 aliphatic heterocycles. The van der Waals surface area contributed by atoms with E-state index in [1.54, 1.807) is 31.4 Å². The van der Waals surface area contributed by atoms with Gasteiger partial charge in [-0.25, -0.2) is 4.98 Å². The number of oxazole rings is 1. The van der Waals surface area contributed by atoms with Gasteiger partial charge in [-0.2, -0.15) is 0 Å². The summed E-state index contributed by atoms with van der Waals surface area (Å²) < 4.78 is 16.9. The molecule has 4 rings (SSSR count). The van der Waals surface area contributed by atoms with E-state index in [9.17, 15) is 4.79 Å². The second kappa shape index (κ2) is 10.5. The lowest BCUT2D eigenvalue weighted by Gasteiger charge is -2.09. The van der Waals surface area contributed by atoms with Crippen molar-refractivity contribution in [2.75, 3.05) is 13.7 Å². The van der Waals surface area contributed by atoms with Gasteiger partial charge in [-0.15, -0.1) is 0 Å². The van der Waals surface area contributed by atoms with E-state index < -0.39 is 0 Å². The lowest BCUT2D eigenvalue weighted by molar-refractivity contribution is 0.0950. The van der Waals surface area contributed by atoms with Crippen LogP contribution in [0.25, 0.3) is 11.5 Å². The van der Waals surface area contributed by atoms with Crippen LogP contribution in [0.4, 0.5) is 0 Å². The Bertz CT molecular complexity index is 1220. The number of amides is 1. The van der Waals surface area contributed by atoms with Crippen LogP contribution in [-0.4, -0.2) is 24.6 Å². The molecule has 0 aliphatic carbocycles. The summed E-state index contributed by atoms with van der Waals surface area (Å²) in [6.07, 6.45) is 0.618. The molecule has 33 heavy (non-hydrogen) atoms. The molecule has 167 valence electrons. The summed E-state index contributed by atoms with van der Waals surface area (Å²) >= 11 is 0. The number of aromatic nitrogens is 1. The third-order valence-electron chi connectivity index (χ3n) is 5.11. The van der Waals surface area contributed by atoms with Gasteiger partial charge in [0, 0.05) is 30.2 Å². The highest BCUT2D eigenvalue weighted by atomic mass is 16.5. The molecule has 0 spiro atoms. The Hall–Kier alpha value is -4.06. The molecule has 3 aromatic carbocycles. The molecule has 0 atom stereocenters. The van der Waals surface area contributed by atoms with Crippen LogP contribution in [0, 0.1) is 13.0 Å². The fraction of sp³-hybridized carbons (Fsp3) is 0.185. The number of hydrogen-bond donors (Lipinski definition) is 1. The van der Waals surface area contributed by atoms with Crippen LogP contribution >= 0.6 is 0 Å². The zero-order chi connectivity index (χ0) is 23.0. The van der Waals surface area contributed by atoms with Gasteiger partial charge in [0.2, 0.25) is 5.89 Å². The SMILES string of the molecule is COc1cccc(C(=O)NCc2[c]c(OCCc3nc(-c4ccccc4)oc3C)ccc2)c1. The highest BCUT2D eigenvalue weighted by molar-refractivity contribution is 5.94. The van der Waals surface area contributed by atoms with Gasteiger partial charge in [0.25, 0.3) is 5.91 Å². The Morgan fingerprint density at radius 2 is 1.88 bits per heavy atom. The fourth-order valence-corrected chi connectivity index (χ4v) is 3.34. The number of rotatable bonds is 9. The zero-order valence-electron chi connectivity index (χ0n) is 18.6. The second-order valence-electron chi connectivity index (χ2n) is 7.44. The molecule has 0 fully saturated rings. The fourth-order valence-electron chi connectivity index (χ4n) is 3.34. The lowest BCUT2D eigenvalue weighted by Crippen LogP contribution is -2.22.